The van der Waals surface area contributed by atoms with Crippen molar-refractivity contribution in [2.75, 3.05) is 31.1 Å². The van der Waals surface area contributed by atoms with Gasteiger partial charge in [-0.25, -0.2) is 0 Å². The maximum absolute atomic E-state index is 12.6. The standard InChI is InChI=1S/C18H14F3N3O3S/c19-18(20,21)15(25)13-5-6-14(28-13)16(26)23-7-9-24(10-8-23)17-22-11-3-1-2-4-12(11)27-17/h1-6H,7-10H2. The number of carbonyl (C=O) groups excluding carboxylic acids is 2. The van der Waals surface area contributed by atoms with Crippen molar-refractivity contribution in [3.05, 3.63) is 46.2 Å². The van der Waals surface area contributed by atoms with Gasteiger partial charge in [-0.2, -0.15) is 18.2 Å². The number of rotatable bonds is 3. The number of alkyl halides is 3. The third-order valence-corrected chi connectivity index (χ3v) is 5.49. The van der Waals surface area contributed by atoms with Gasteiger partial charge in [0.25, 0.3) is 17.7 Å². The second-order valence-corrected chi connectivity index (χ2v) is 7.32. The number of para-hydroxylation sites is 2. The Balaban J connectivity index is 1.41. The molecule has 0 saturated carbocycles. The Morgan fingerprint density at radius 3 is 2.36 bits per heavy atom. The lowest BCUT2D eigenvalue weighted by Gasteiger charge is -2.33. The Labute approximate surface area is 161 Å². The van der Waals surface area contributed by atoms with Crippen LogP contribution in [0, 0.1) is 0 Å². The predicted molar refractivity (Wildman–Crippen MR) is 96.8 cm³/mol. The first-order chi connectivity index (χ1) is 13.3. The second kappa shape index (κ2) is 6.93. The molecule has 1 aliphatic heterocycles. The maximum atomic E-state index is 12.6. The van der Waals surface area contributed by atoms with E-state index in [9.17, 15) is 22.8 Å². The smallest absolute Gasteiger partial charge is 0.423 e. The number of ketones is 1. The highest BCUT2D eigenvalue weighted by atomic mass is 32.1. The number of piperazine rings is 1. The quantitative estimate of drug-likeness (QED) is 0.619. The van der Waals surface area contributed by atoms with Crippen LogP contribution in [0.1, 0.15) is 19.3 Å². The molecule has 1 aliphatic rings. The van der Waals surface area contributed by atoms with E-state index in [1.54, 1.807) is 4.90 Å². The lowest BCUT2D eigenvalue weighted by Crippen LogP contribution is -2.48. The minimum atomic E-state index is -4.95. The molecule has 1 aromatic carbocycles. The van der Waals surface area contributed by atoms with Gasteiger partial charge in [0.1, 0.15) is 5.52 Å². The van der Waals surface area contributed by atoms with Crippen LogP contribution >= 0.6 is 11.3 Å². The number of anilines is 1. The van der Waals surface area contributed by atoms with Gasteiger partial charge >= 0.3 is 6.18 Å². The van der Waals surface area contributed by atoms with Gasteiger partial charge in [-0.05, 0) is 24.3 Å². The van der Waals surface area contributed by atoms with E-state index in [2.05, 4.69) is 4.98 Å². The molecule has 1 fully saturated rings. The molecule has 0 atom stereocenters. The fourth-order valence-corrected chi connectivity index (χ4v) is 3.90. The molecule has 1 saturated heterocycles. The molecular formula is C18H14F3N3O3S. The summed E-state index contributed by atoms with van der Waals surface area (Å²) in [6.45, 7) is 1.71. The van der Waals surface area contributed by atoms with E-state index in [1.807, 2.05) is 29.2 Å². The number of hydrogen-bond donors (Lipinski definition) is 0. The first kappa shape index (κ1) is 18.5. The molecule has 146 valence electrons. The third-order valence-electron chi connectivity index (χ3n) is 4.42. The number of thiophene rings is 1. The van der Waals surface area contributed by atoms with E-state index in [1.165, 1.54) is 6.07 Å². The van der Waals surface area contributed by atoms with Crippen LogP contribution in [0.15, 0.2) is 40.8 Å². The molecule has 28 heavy (non-hydrogen) atoms. The van der Waals surface area contributed by atoms with Crippen LogP contribution in [0.25, 0.3) is 11.1 Å². The van der Waals surface area contributed by atoms with Gasteiger partial charge in [-0.3, -0.25) is 9.59 Å². The molecule has 1 amide bonds. The normalized spacial score (nSPS) is 15.2. The molecule has 6 nitrogen and oxygen atoms in total. The highest BCUT2D eigenvalue weighted by Crippen LogP contribution is 2.28. The number of fused-ring (bicyclic) bond motifs is 1. The van der Waals surface area contributed by atoms with E-state index >= 15 is 0 Å². The van der Waals surface area contributed by atoms with Crippen LogP contribution in [-0.4, -0.2) is 53.9 Å². The minimum Gasteiger partial charge on any atom is -0.423 e. The lowest BCUT2D eigenvalue weighted by molar-refractivity contribution is -0.0882. The summed E-state index contributed by atoms with van der Waals surface area (Å²) in [5, 5.41) is 0. The Hall–Kier alpha value is -2.88. The van der Waals surface area contributed by atoms with E-state index in [-0.39, 0.29) is 10.8 Å². The SMILES string of the molecule is O=C(c1ccc(C(=O)C(F)(F)F)s1)N1CCN(c2nc3ccccc3o2)CC1. The molecular weight excluding hydrogens is 395 g/mol. The van der Waals surface area contributed by atoms with Gasteiger partial charge in [-0.15, -0.1) is 11.3 Å². The zero-order valence-corrected chi connectivity index (χ0v) is 15.2. The average Bonchev–Trinajstić information content (AvgIpc) is 3.33. The van der Waals surface area contributed by atoms with Crippen LogP contribution < -0.4 is 4.90 Å². The molecule has 0 N–H and O–H groups in total. The first-order valence-corrected chi connectivity index (χ1v) is 9.26. The Bertz CT molecular complexity index is 1000. The zero-order chi connectivity index (χ0) is 19.9. The molecule has 0 aliphatic carbocycles. The average molecular weight is 409 g/mol. The molecule has 3 heterocycles. The van der Waals surface area contributed by atoms with Crippen LogP contribution in [0.4, 0.5) is 19.2 Å². The van der Waals surface area contributed by atoms with Gasteiger partial charge in [0.05, 0.1) is 9.75 Å². The summed E-state index contributed by atoms with van der Waals surface area (Å²) < 4.78 is 43.3. The Morgan fingerprint density at radius 1 is 1.00 bits per heavy atom. The number of nitrogens with zero attached hydrogens (tertiary/aromatic N) is 3. The van der Waals surface area contributed by atoms with Crippen LogP contribution in [0.2, 0.25) is 0 Å². The van der Waals surface area contributed by atoms with Crippen molar-refractivity contribution in [2.24, 2.45) is 0 Å². The number of aromatic nitrogens is 1. The van der Waals surface area contributed by atoms with Crippen molar-refractivity contribution in [2.45, 2.75) is 6.18 Å². The summed E-state index contributed by atoms with van der Waals surface area (Å²) in [5.41, 5.74) is 1.42. The molecule has 0 unspecified atom stereocenters. The van der Waals surface area contributed by atoms with Gasteiger partial charge in [0.2, 0.25) is 0 Å². The predicted octanol–water partition coefficient (Wildman–Crippen LogP) is 3.60. The summed E-state index contributed by atoms with van der Waals surface area (Å²) in [6, 6.07) is 10.2. The van der Waals surface area contributed by atoms with Crippen molar-refractivity contribution < 1.29 is 27.2 Å². The van der Waals surface area contributed by atoms with Gasteiger partial charge in [0.15, 0.2) is 5.58 Å². The van der Waals surface area contributed by atoms with E-state index in [4.69, 9.17) is 4.42 Å². The van der Waals surface area contributed by atoms with E-state index in [0.29, 0.717) is 49.1 Å². The van der Waals surface area contributed by atoms with E-state index < -0.39 is 16.8 Å². The molecule has 0 bridgehead atoms. The van der Waals surface area contributed by atoms with Gasteiger partial charge < -0.3 is 14.2 Å². The van der Waals surface area contributed by atoms with Crippen LogP contribution in [0.3, 0.4) is 0 Å². The third kappa shape index (κ3) is 3.47. The summed E-state index contributed by atoms with van der Waals surface area (Å²) >= 11 is 0.565. The largest absolute Gasteiger partial charge is 0.455 e. The van der Waals surface area contributed by atoms with Gasteiger partial charge in [-0.1, -0.05) is 12.1 Å². The van der Waals surface area contributed by atoms with Crippen LogP contribution in [-0.2, 0) is 0 Å². The summed E-state index contributed by atoms with van der Waals surface area (Å²) in [5.74, 6) is -2.32. The molecule has 0 spiro atoms. The number of benzene rings is 1. The molecule has 2 aromatic heterocycles. The fourth-order valence-electron chi connectivity index (χ4n) is 2.97. The van der Waals surface area contributed by atoms with Crippen molar-refractivity contribution in [3.63, 3.8) is 0 Å². The topological polar surface area (TPSA) is 66.7 Å². The number of halogens is 3. The lowest BCUT2D eigenvalue weighted by atomic mass is 10.3. The van der Waals surface area contributed by atoms with Crippen molar-refractivity contribution >= 4 is 40.1 Å². The van der Waals surface area contributed by atoms with Crippen molar-refractivity contribution in [1.82, 2.24) is 9.88 Å². The zero-order valence-electron chi connectivity index (χ0n) is 14.4. The first-order valence-electron chi connectivity index (χ1n) is 8.44. The molecule has 0 radical (unpaired) electrons. The fraction of sp³-hybridized carbons (Fsp3) is 0.278. The van der Waals surface area contributed by atoms with Crippen molar-refractivity contribution in [3.8, 4) is 0 Å². The van der Waals surface area contributed by atoms with Crippen molar-refractivity contribution in [1.29, 1.82) is 0 Å². The Morgan fingerprint density at radius 2 is 1.68 bits per heavy atom. The number of hydrogen-bond acceptors (Lipinski definition) is 6. The monoisotopic (exact) mass is 409 g/mol. The summed E-state index contributed by atoms with van der Waals surface area (Å²) in [6.07, 6.45) is -4.95. The number of Topliss-reactive ketones (excluding diaryl/α,β-unsaturated/α-hetero) is 1. The Kier molecular flexibility index (Phi) is 4.58. The minimum absolute atomic E-state index is 0.114. The summed E-state index contributed by atoms with van der Waals surface area (Å²) in [7, 11) is 0. The van der Waals surface area contributed by atoms with Crippen LogP contribution in [0.5, 0.6) is 0 Å². The number of carbonyl (C=O) groups is 2. The second-order valence-electron chi connectivity index (χ2n) is 6.23. The van der Waals surface area contributed by atoms with E-state index in [0.717, 1.165) is 11.6 Å². The maximum Gasteiger partial charge on any atom is 0.455 e. The summed E-state index contributed by atoms with van der Waals surface area (Å²) in [4.78, 5) is 31.4. The molecule has 10 heteroatoms. The number of amides is 1. The molecule has 3 aromatic rings. The molecule has 4 rings (SSSR count). The highest BCUT2D eigenvalue weighted by molar-refractivity contribution is 7.16. The number of oxazole rings is 1. The van der Waals surface area contributed by atoms with Gasteiger partial charge in [0, 0.05) is 26.2 Å². The highest BCUT2D eigenvalue weighted by Gasteiger charge is 2.40.